The molecule has 0 aromatic carbocycles. The fourth-order valence-corrected chi connectivity index (χ4v) is 2.20. The normalized spacial score (nSPS) is 18.5. The van der Waals surface area contributed by atoms with Gasteiger partial charge in [0.1, 0.15) is 5.82 Å². The molecule has 5 nitrogen and oxygen atoms in total. The molecule has 1 aliphatic rings. The van der Waals surface area contributed by atoms with Crippen LogP contribution in [0, 0.1) is 6.92 Å². The molecule has 0 saturated heterocycles. The van der Waals surface area contributed by atoms with Crippen molar-refractivity contribution in [1.82, 2.24) is 20.0 Å². The van der Waals surface area contributed by atoms with Crippen molar-refractivity contribution in [2.24, 2.45) is 0 Å². The molecule has 0 radical (unpaired) electrons. The van der Waals surface area contributed by atoms with Crippen LogP contribution in [0.25, 0.3) is 5.82 Å². The topological polar surface area (TPSA) is 55.6 Å². The highest BCUT2D eigenvalue weighted by atomic mass is 15.3. The average Bonchev–Trinajstić information content (AvgIpc) is 2.87. The summed E-state index contributed by atoms with van der Waals surface area (Å²) in [6.07, 6.45) is 9.68. The number of hydrogen-bond donors (Lipinski definition) is 1. The Hall–Kier alpha value is -2.17. The van der Waals surface area contributed by atoms with Gasteiger partial charge in [-0.25, -0.2) is 4.68 Å². The molecule has 2 aromatic heterocycles. The Morgan fingerprint density at radius 1 is 1.21 bits per heavy atom. The lowest BCUT2D eigenvalue weighted by Crippen LogP contribution is -2.21. The molecule has 1 aliphatic carbocycles. The SMILES string of the molecule is Cc1ccn(-c2ccc(N[C@H]3CC=CCC3)nn2)n1. The number of anilines is 1. The maximum absolute atomic E-state index is 4.31. The van der Waals surface area contributed by atoms with E-state index in [1.807, 2.05) is 31.3 Å². The van der Waals surface area contributed by atoms with Crippen LogP contribution in [0.1, 0.15) is 25.0 Å². The van der Waals surface area contributed by atoms with Gasteiger partial charge < -0.3 is 5.32 Å². The van der Waals surface area contributed by atoms with Gasteiger partial charge in [0.15, 0.2) is 5.82 Å². The zero-order valence-corrected chi connectivity index (χ0v) is 11.0. The molecule has 0 aliphatic heterocycles. The van der Waals surface area contributed by atoms with Crippen LogP contribution in [-0.2, 0) is 0 Å². The van der Waals surface area contributed by atoms with Crippen molar-refractivity contribution < 1.29 is 0 Å². The maximum Gasteiger partial charge on any atom is 0.175 e. The van der Waals surface area contributed by atoms with Gasteiger partial charge in [-0.3, -0.25) is 0 Å². The van der Waals surface area contributed by atoms with Crippen molar-refractivity contribution in [3.8, 4) is 5.82 Å². The molecule has 1 atom stereocenters. The van der Waals surface area contributed by atoms with Crippen molar-refractivity contribution in [2.75, 3.05) is 5.32 Å². The molecule has 1 N–H and O–H groups in total. The largest absolute Gasteiger partial charge is 0.366 e. The number of nitrogens with one attached hydrogen (secondary N) is 1. The van der Waals surface area contributed by atoms with Crippen LogP contribution in [0.5, 0.6) is 0 Å². The third-order valence-electron chi connectivity index (χ3n) is 3.23. The standard InChI is InChI=1S/C14H17N5/c1-11-9-10-19(18-11)14-8-7-13(16-17-14)15-12-5-3-2-4-6-12/h2-3,7-10,12H,4-6H2,1H3,(H,15,16)/t12-/m0/s1. The molecule has 0 bridgehead atoms. The van der Waals surface area contributed by atoms with Crippen LogP contribution in [0.4, 0.5) is 5.82 Å². The Bertz CT molecular complexity index is 570. The molecular weight excluding hydrogens is 238 g/mol. The van der Waals surface area contributed by atoms with E-state index in [0.29, 0.717) is 6.04 Å². The van der Waals surface area contributed by atoms with E-state index in [4.69, 9.17) is 0 Å². The zero-order chi connectivity index (χ0) is 13.1. The summed E-state index contributed by atoms with van der Waals surface area (Å²) in [4.78, 5) is 0. The first kappa shape index (κ1) is 11.9. The van der Waals surface area contributed by atoms with Gasteiger partial charge in [-0.1, -0.05) is 12.2 Å². The number of hydrogen-bond acceptors (Lipinski definition) is 4. The minimum atomic E-state index is 0.470. The van der Waals surface area contributed by atoms with E-state index in [-0.39, 0.29) is 0 Å². The third kappa shape index (κ3) is 2.81. The van der Waals surface area contributed by atoms with Gasteiger partial charge in [-0.15, -0.1) is 10.2 Å². The molecule has 2 heterocycles. The molecule has 0 spiro atoms. The minimum absolute atomic E-state index is 0.470. The Labute approximate surface area is 112 Å². The lowest BCUT2D eigenvalue weighted by molar-refractivity contribution is 0.640. The molecule has 5 heteroatoms. The highest BCUT2D eigenvalue weighted by molar-refractivity contribution is 5.37. The first-order valence-electron chi connectivity index (χ1n) is 6.59. The number of aromatic nitrogens is 4. The van der Waals surface area contributed by atoms with Crippen LogP contribution in [0.2, 0.25) is 0 Å². The number of rotatable bonds is 3. The number of nitrogens with zero attached hydrogens (tertiary/aromatic N) is 4. The van der Waals surface area contributed by atoms with Gasteiger partial charge in [0.25, 0.3) is 0 Å². The lowest BCUT2D eigenvalue weighted by atomic mass is 10.0. The van der Waals surface area contributed by atoms with Gasteiger partial charge >= 0.3 is 0 Å². The van der Waals surface area contributed by atoms with E-state index in [0.717, 1.165) is 36.6 Å². The van der Waals surface area contributed by atoms with E-state index < -0.39 is 0 Å². The van der Waals surface area contributed by atoms with Gasteiger partial charge in [-0.2, -0.15) is 5.10 Å². The number of allylic oxidation sites excluding steroid dienone is 1. The van der Waals surface area contributed by atoms with Crippen LogP contribution in [0.15, 0.2) is 36.5 Å². The predicted molar refractivity (Wildman–Crippen MR) is 74.3 cm³/mol. The van der Waals surface area contributed by atoms with Crippen LogP contribution < -0.4 is 5.32 Å². The smallest absolute Gasteiger partial charge is 0.175 e. The predicted octanol–water partition coefficient (Wildman–Crippen LogP) is 2.49. The van der Waals surface area contributed by atoms with Crippen LogP contribution >= 0.6 is 0 Å². The van der Waals surface area contributed by atoms with E-state index in [1.165, 1.54) is 0 Å². The van der Waals surface area contributed by atoms with Crippen molar-refractivity contribution in [2.45, 2.75) is 32.2 Å². The van der Waals surface area contributed by atoms with E-state index >= 15 is 0 Å². The van der Waals surface area contributed by atoms with Gasteiger partial charge in [0, 0.05) is 12.2 Å². The van der Waals surface area contributed by atoms with Gasteiger partial charge in [-0.05, 0) is 44.4 Å². The fourth-order valence-electron chi connectivity index (χ4n) is 2.20. The number of aryl methyl sites for hydroxylation is 1. The van der Waals surface area contributed by atoms with Crippen LogP contribution in [0.3, 0.4) is 0 Å². The molecule has 0 saturated carbocycles. The summed E-state index contributed by atoms with van der Waals surface area (Å²) >= 11 is 0. The van der Waals surface area contributed by atoms with Crippen molar-refractivity contribution in [3.63, 3.8) is 0 Å². The summed E-state index contributed by atoms with van der Waals surface area (Å²) in [5, 5.41) is 16.1. The molecule has 98 valence electrons. The van der Waals surface area contributed by atoms with E-state index in [2.05, 4.69) is 32.8 Å². The summed E-state index contributed by atoms with van der Waals surface area (Å²) in [6.45, 7) is 1.95. The van der Waals surface area contributed by atoms with Crippen molar-refractivity contribution in [1.29, 1.82) is 0 Å². The monoisotopic (exact) mass is 255 g/mol. The second-order valence-corrected chi connectivity index (χ2v) is 4.80. The molecule has 0 fully saturated rings. The first-order chi connectivity index (χ1) is 9.31. The quantitative estimate of drug-likeness (QED) is 0.856. The second kappa shape index (κ2) is 5.22. The van der Waals surface area contributed by atoms with Crippen molar-refractivity contribution >= 4 is 5.82 Å². The van der Waals surface area contributed by atoms with Gasteiger partial charge in [0.05, 0.1) is 5.69 Å². The Balaban J connectivity index is 1.70. The summed E-state index contributed by atoms with van der Waals surface area (Å²) in [7, 11) is 0. The zero-order valence-electron chi connectivity index (χ0n) is 11.0. The van der Waals surface area contributed by atoms with Crippen molar-refractivity contribution in [3.05, 3.63) is 42.2 Å². The second-order valence-electron chi connectivity index (χ2n) is 4.80. The highest BCUT2D eigenvalue weighted by Crippen LogP contribution is 2.15. The molecular formula is C14H17N5. The Morgan fingerprint density at radius 2 is 2.16 bits per heavy atom. The van der Waals surface area contributed by atoms with Crippen LogP contribution in [-0.4, -0.2) is 26.0 Å². The first-order valence-corrected chi connectivity index (χ1v) is 6.59. The average molecular weight is 255 g/mol. The molecule has 2 aromatic rings. The Kier molecular flexibility index (Phi) is 3.27. The maximum atomic E-state index is 4.31. The van der Waals surface area contributed by atoms with E-state index in [1.54, 1.807) is 4.68 Å². The van der Waals surface area contributed by atoms with E-state index in [9.17, 15) is 0 Å². The summed E-state index contributed by atoms with van der Waals surface area (Å²) < 4.78 is 1.73. The molecule has 0 amide bonds. The molecule has 3 rings (SSSR count). The Morgan fingerprint density at radius 3 is 2.79 bits per heavy atom. The highest BCUT2D eigenvalue weighted by Gasteiger charge is 2.10. The van der Waals surface area contributed by atoms with Gasteiger partial charge in [0.2, 0.25) is 0 Å². The summed E-state index contributed by atoms with van der Waals surface area (Å²) in [5.74, 6) is 1.56. The lowest BCUT2D eigenvalue weighted by Gasteiger charge is -2.19. The summed E-state index contributed by atoms with van der Waals surface area (Å²) in [5.41, 5.74) is 0.970. The minimum Gasteiger partial charge on any atom is -0.366 e. The summed E-state index contributed by atoms with van der Waals surface area (Å²) in [6, 6.07) is 6.30. The fraction of sp³-hybridized carbons (Fsp3) is 0.357. The third-order valence-corrected chi connectivity index (χ3v) is 3.23. The molecule has 0 unspecified atom stereocenters. The molecule has 19 heavy (non-hydrogen) atoms.